The highest BCUT2D eigenvalue weighted by Gasteiger charge is 2.41. The zero-order valence-corrected chi connectivity index (χ0v) is 9.67. The molecule has 0 bridgehead atoms. The Morgan fingerprint density at radius 2 is 2.47 bits per heavy atom. The minimum Gasteiger partial charge on any atom is -0.481 e. The summed E-state index contributed by atoms with van der Waals surface area (Å²) < 4.78 is 0. The largest absolute Gasteiger partial charge is 0.481 e. The van der Waals surface area contributed by atoms with Crippen molar-refractivity contribution in [3.63, 3.8) is 0 Å². The van der Waals surface area contributed by atoms with E-state index >= 15 is 0 Å². The van der Waals surface area contributed by atoms with E-state index in [9.17, 15) is 4.79 Å². The first kappa shape index (κ1) is 10.4. The summed E-state index contributed by atoms with van der Waals surface area (Å²) in [7, 11) is 0. The molecule has 4 nitrogen and oxygen atoms in total. The van der Waals surface area contributed by atoms with Crippen molar-refractivity contribution in [2.45, 2.75) is 20.3 Å². The quantitative estimate of drug-likeness (QED) is 0.834. The molecule has 1 unspecified atom stereocenters. The second-order valence-electron chi connectivity index (χ2n) is 4.31. The maximum absolute atomic E-state index is 11.1. The smallest absolute Gasteiger partial charge is 0.311 e. The van der Waals surface area contributed by atoms with Crippen LogP contribution in [0, 0.1) is 12.3 Å². The van der Waals surface area contributed by atoms with Crippen molar-refractivity contribution in [2.24, 2.45) is 5.41 Å². The van der Waals surface area contributed by atoms with Crippen LogP contribution in [0.5, 0.6) is 0 Å². The Bertz CT molecular complexity index is 391. The first-order chi connectivity index (χ1) is 7.01. The van der Waals surface area contributed by atoms with E-state index in [1.54, 1.807) is 18.3 Å². The number of hydrogen-bond acceptors (Lipinski definition) is 4. The van der Waals surface area contributed by atoms with Gasteiger partial charge in [-0.25, -0.2) is 4.98 Å². The second-order valence-corrected chi connectivity index (χ2v) is 5.15. The molecule has 1 fully saturated rings. The average Bonchev–Trinajstić information content (AvgIpc) is 2.73. The number of carboxylic acid groups (broad SMARTS) is 1. The lowest BCUT2D eigenvalue weighted by atomic mass is 9.90. The molecule has 0 amide bonds. The Hall–Kier alpha value is -1.10. The van der Waals surface area contributed by atoms with E-state index in [0.29, 0.717) is 13.0 Å². The zero-order valence-electron chi connectivity index (χ0n) is 8.86. The minimum absolute atomic E-state index is 0.565. The number of aromatic nitrogens is 1. The number of anilines is 1. The molecule has 0 saturated carbocycles. The maximum atomic E-state index is 11.1. The van der Waals surface area contributed by atoms with E-state index < -0.39 is 11.4 Å². The first-order valence-corrected chi connectivity index (χ1v) is 5.80. The highest BCUT2D eigenvalue weighted by Crippen LogP contribution is 2.34. The molecule has 1 aliphatic rings. The monoisotopic (exact) mass is 226 g/mol. The van der Waals surface area contributed by atoms with Crippen molar-refractivity contribution in [1.29, 1.82) is 0 Å². The number of nitrogens with zero attached hydrogens (tertiary/aromatic N) is 2. The summed E-state index contributed by atoms with van der Waals surface area (Å²) in [4.78, 5) is 17.5. The third-order valence-electron chi connectivity index (χ3n) is 2.87. The van der Waals surface area contributed by atoms with Gasteiger partial charge in [-0.3, -0.25) is 4.79 Å². The fraction of sp³-hybridized carbons (Fsp3) is 0.600. The van der Waals surface area contributed by atoms with Gasteiger partial charge in [0.05, 0.1) is 11.1 Å². The number of aliphatic carboxylic acids is 1. The molecule has 2 heterocycles. The van der Waals surface area contributed by atoms with Crippen molar-refractivity contribution >= 4 is 22.4 Å². The molecule has 82 valence electrons. The van der Waals surface area contributed by atoms with Crippen molar-refractivity contribution in [2.75, 3.05) is 18.0 Å². The molecule has 1 aliphatic heterocycles. The predicted molar refractivity (Wildman–Crippen MR) is 59.4 cm³/mol. The predicted octanol–water partition coefficient (Wildman–Crippen LogP) is 1.75. The third-order valence-corrected chi connectivity index (χ3v) is 3.89. The molecule has 15 heavy (non-hydrogen) atoms. The van der Waals surface area contributed by atoms with Crippen LogP contribution in [0.15, 0.2) is 5.38 Å². The lowest BCUT2D eigenvalue weighted by molar-refractivity contribution is -0.146. The van der Waals surface area contributed by atoms with Crippen LogP contribution in [0.25, 0.3) is 0 Å². The lowest BCUT2D eigenvalue weighted by Gasteiger charge is -2.19. The average molecular weight is 226 g/mol. The van der Waals surface area contributed by atoms with Crippen LogP contribution in [-0.2, 0) is 4.79 Å². The Kier molecular flexibility index (Phi) is 2.42. The molecule has 1 atom stereocenters. The summed E-state index contributed by atoms with van der Waals surface area (Å²) >= 11 is 1.58. The number of hydrogen-bond donors (Lipinski definition) is 1. The molecule has 0 aliphatic carbocycles. The number of carboxylic acids is 1. The van der Waals surface area contributed by atoms with Gasteiger partial charge in [0.15, 0.2) is 5.13 Å². The molecule has 5 heteroatoms. The molecular formula is C10H14N2O2S. The summed E-state index contributed by atoms with van der Waals surface area (Å²) in [6, 6.07) is 0. The number of thiazole rings is 1. The van der Waals surface area contributed by atoms with Gasteiger partial charge in [-0.2, -0.15) is 0 Å². The summed E-state index contributed by atoms with van der Waals surface area (Å²) in [5.74, 6) is -0.710. The van der Waals surface area contributed by atoms with Crippen molar-refractivity contribution in [3.8, 4) is 0 Å². The van der Waals surface area contributed by atoms with Crippen LogP contribution in [0.1, 0.15) is 19.0 Å². The Morgan fingerprint density at radius 3 is 2.93 bits per heavy atom. The summed E-state index contributed by atoms with van der Waals surface area (Å²) in [6.07, 6.45) is 0.695. The number of aryl methyl sites for hydroxylation is 1. The number of carbonyl (C=O) groups is 1. The van der Waals surface area contributed by atoms with Gasteiger partial charge in [0.2, 0.25) is 0 Å². The Labute approximate surface area is 92.6 Å². The molecular weight excluding hydrogens is 212 g/mol. The van der Waals surface area contributed by atoms with Crippen molar-refractivity contribution in [1.82, 2.24) is 4.98 Å². The van der Waals surface area contributed by atoms with Crippen LogP contribution in [0.2, 0.25) is 0 Å². The van der Waals surface area contributed by atoms with Gasteiger partial charge in [0.25, 0.3) is 0 Å². The van der Waals surface area contributed by atoms with Gasteiger partial charge < -0.3 is 10.0 Å². The van der Waals surface area contributed by atoms with E-state index in [0.717, 1.165) is 17.4 Å². The molecule has 1 saturated heterocycles. The molecule has 0 spiro atoms. The van der Waals surface area contributed by atoms with Crippen molar-refractivity contribution in [3.05, 3.63) is 11.1 Å². The van der Waals surface area contributed by atoms with Gasteiger partial charge in [0, 0.05) is 18.5 Å². The lowest BCUT2D eigenvalue weighted by Crippen LogP contribution is -2.31. The highest BCUT2D eigenvalue weighted by molar-refractivity contribution is 7.13. The SMILES string of the molecule is Cc1csc(N2CCC(C)(C(=O)O)C2)n1. The molecule has 1 N–H and O–H groups in total. The molecule has 0 aromatic carbocycles. The van der Waals surface area contributed by atoms with Gasteiger partial charge in [-0.15, -0.1) is 11.3 Å². The fourth-order valence-electron chi connectivity index (χ4n) is 1.79. The number of rotatable bonds is 2. The molecule has 1 aromatic rings. The van der Waals surface area contributed by atoms with E-state index in [1.807, 2.05) is 12.3 Å². The Balaban J connectivity index is 2.14. The normalized spacial score (nSPS) is 25.9. The van der Waals surface area contributed by atoms with Gasteiger partial charge in [0.1, 0.15) is 0 Å². The van der Waals surface area contributed by atoms with Crippen LogP contribution in [0.4, 0.5) is 5.13 Å². The maximum Gasteiger partial charge on any atom is 0.311 e. The third kappa shape index (κ3) is 1.84. The van der Waals surface area contributed by atoms with Crippen LogP contribution in [0.3, 0.4) is 0 Å². The van der Waals surface area contributed by atoms with E-state index in [2.05, 4.69) is 9.88 Å². The molecule has 0 radical (unpaired) electrons. The van der Waals surface area contributed by atoms with Gasteiger partial charge in [-0.05, 0) is 20.3 Å². The van der Waals surface area contributed by atoms with Crippen molar-refractivity contribution < 1.29 is 9.90 Å². The summed E-state index contributed by atoms with van der Waals surface area (Å²) in [5, 5.41) is 12.0. The molecule has 2 rings (SSSR count). The van der Waals surface area contributed by atoms with Crippen LogP contribution >= 0.6 is 11.3 Å². The summed E-state index contributed by atoms with van der Waals surface area (Å²) in [6.45, 7) is 5.10. The first-order valence-electron chi connectivity index (χ1n) is 4.92. The van der Waals surface area contributed by atoms with Gasteiger partial charge in [-0.1, -0.05) is 0 Å². The van der Waals surface area contributed by atoms with Crippen LogP contribution < -0.4 is 4.90 Å². The fourth-order valence-corrected chi connectivity index (χ4v) is 2.62. The van der Waals surface area contributed by atoms with Gasteiger partial charge >= 0.3 is 5.97 Å². The van der Waals surface area contributed by atoms with E-state index in [4.69, 9.17) is 5.11 Å². The topological polar surface area (TPSA) is 53.4 Å². The summed E-state index contributed by atoms with van der Waals surface area (Å²) in [5.41, 5.74) is 0.387. The van der Waals surface area contributed by atoms with E-state index in [1.165, 1.54) is 0 Å². The highest BCUT2D eigenvalue weighted by atomic mass is 32.1. The van der Waals surface area contributed by atoms with E-state index in [-0.39, 0.29) is 0 Å². The molecule has 1 aromatic heterocycles. The Morgan fingerprint density at radius 1 is 1.73 bits per heavy atom. The minimum atomic E-state index is -0.710. The van der Waals surface area contributed by atoms with Crippen LogP contribution in [-0.4, -0.2) is 29.1 Å². The standard InChI is InChI=1S/C10H14N2O2S/c1-7-5-15-9(11-7)12-4-3-10(2,6-12)8(13)14/h5H,3-4,6H2,1-2H3,(H,13,14). The zero-order chi connectivity index (χ0) is 11.1. The second kappa shape index (κ2) is 3.48.